The average molecular weight is 304 g/mol. The third-order valence-electron chi connectivity index (χ3n) is 3.40. The van der Waals surface area contributed by atoms with Crippen LogP contribution in [-0.4, -0.2) is 30.4 Å². The maximum absolute atomic E-state index is 9.82. The maximum Gasteiger partial charge on any atom is 0.121 e. The molecule has 1 aromatic carbocycles. The van der Waals surface area contributed by atoms with E-state index in [9.17, 15) is 5.11 Å². The van der Waals surface area contributed by atoms with Gasteiger partial charge < -0.3 is 15.2 Å². The molecule has 0 radical (unpaired) electrons. The van der Waals surface area contributed by atoms with E-state index in [1.54, 1.807) is 18.2 Å². The predicted molar refractivity (Wildman–Crippen MR) is 78.2 cm³/mol. The van der Waals surface area contributed by atoms with Crippen molar-refractivity contribution >= 4 is 23.2 Å². The summed E-state index contributed by atoms with van der Waals surface area (Å²) in [4.78, 5) is 0. The van der Waals surface area contributed by atoms with Gasteiger partial charge in [-0.1, -0.05) is 36.5 Å². The molecule has 0 aliphatic heterocycles. The number of hydrogen-bond donors (Lipinski definition) is 2. The zero-order valence-corrected chi connectivity index (χ0v) is 12.4. The zero-order valence-electron chi connectivity index (χ0n) is 10.9. The Bertz CT molecular complexity index is 428. The smallest absolute Gasteiger partial charge is 0.121 e. The van der Waals surface area contributed by atoms with Gasteiger partial charge in [-0.05, 0) is 24.5 Å². The van der Waals surface area contributed by atoms with Crippen molar-refractivity contribution in [3.63, 3.8) is 0 Å². The first-order chi connectivity index (χ1) is 9.10. The highest BCUT2D eigenvalue weighted by molar-refractivity contribution is 6.42. The topological polar surface area (TPSA) is 41.5 Å². The number of rotatable bonds is 7. The fourth-order valence-electron chi connectivity index (χ4n) is 2.05. The van der Waals surface area contributed by atoms with Crippen molar-refractivity contribution in [2.75, 3.05) is 13.2 Å². The number of ether oxygens (including phenoxy) is 1. The van der Waals surface area contributed by atoms with E-state index in [2.05, 4.69) is 12.2 Å². The molecule has 1 saturated carbocycles. The second-order valence-electron chi connectivity index (χ2n) is 4.96. The van der Waals surface area contributed by atoms with E-state index in [-0.39, 0.29) is 6.61 Å². The molecule has 1 aliphatic carbocycles. The van der Waals surface area contributed by atoms with Gasteiger partial charge in [0, 0.05) is 18.7 Å². The van der Waals surface area contributed by atoms with Crippen LogP contribution in [0.1, 0.15) is 19.8 Å². The van der Waals surface area contributed by atoms with Gasteiger partial charge in [0.05, 0.1) is 10.0 Å². The van der Waals surface area contributed by atoms with Gasteiger partial charge in [-0.2, -0.15) is 0 Å². The minimum Gasteiger partial charge on any atom is -0.491 e. The van der Waals surface area contributed by atoms with Crippen LogP contribution >= 0.6 is 23.2 Å². The van der Waals surface area contributed by atoms with E-state index >= 15 is 0 Å². The van der Waals surface area contributed by atoms with Crippen LogP contribution in [0.25, 0.3) is 0 Å². The largest absolute Gasteiger partial charge is 0.491 e. The summed E-state index contributed by atoms with van der Waals surface area (Å²) in [5.41, 5.74) is 0. The van der Waals surface area contributed by atoms with Crippen molar-refractivity contribution in [3.05, 3.63) is 28.2 Å². The molecule has 1 fully saturated rings. The molecule has 2 rings (SSSR count). The lowest BCUT2D eigenvalue weighted by Gasteiger charge is -2.13. The molecule has 1 aliphatic rings. The summed E-state index contributed by atoms with van der Waals surface area (Å²) in [5.74, 6) is 1.40. The van der Waals surface area contributed by atoms with Crippen molar-refractivity contribution in [3.8, 4) is 5.75 Å². The summed E-state index contributed by atoms with van der Waals surface area (Å²) < 4.78 is 5.48. The summed E-state index contributed by atoms with van der Waals surface area (Å²) in [6.07, 6.45) is 1.90. The Kier molecular flexibility index (Phi) is 5.34. The van der Waals surface area contributed by atoms with Crippen LogP contribution in [-0.2, 0) is 0 Å². The monoisotopic (exact) mass is 303 g/mol. The van der Waals surface area contributed by atoms with Gasteiger partial charge in [0.25, 0.3) is 0 Å². The Morgan fingerprint density at radius 2 is 2.21 bits per heavy atom. The van der Waals surface area contributed by atoms with Crippen molar-refractivity contribution < 1.29 is 9.84 Å². The molecule has 1 aromatic rings. The van der Waals surface area contributed by atoms with Crippen molar-refractivity contribution in [1.82, 2.24) is 5.32 Å². The fourth-order valence-corrected chi connectivity index (χ4v) is 2.34. The first-order valence-corrected chi connectivity index (χ1v) is 7.35. The van der Waals surface area contributed by atoms with Crippen molar-refractivity contribution in [1.29, 1.82) is 0 Å². The minimum absolute atomic E-state index is 0.245. The van der Waals surface area contributed by atoms with Crippen LogP contribution in [0.3, 0.4) is 0 Å². The minimum atomic E-state index is -0.521. The number of aliphatic hydroxyl groups excluding tert-OH is 1. The lowest BCUT2D eigenvalue weighted by Crippen LogP contribution is -2.33. The summed E-state index contributed by atoms with van der Waals surface area (Å²) >= 11 is 11.7. The van der Waals surface area contributed by atoms with Crippen LogP contribution in [0.4, 0.5) is 0 Å². The molecule has 0 heterocycles. The van der Waals surface area contributed by atoms with E-state index < -0.39 is 6.10 Å². The van der Waals surface area contributed by atoms with Crippen LogP contribution < -0.4 is 10.1 Å². The molecule has 3 nitrogen and oxygen atoms in total. The van der Waals surface area contributed by atoms with E-state index in [1.165, 1.54) is 12.8 Å². The van der Waals surface area contributed by atoms with Gasteiger partial charge in [-0.25, -0.2) is 0 Å². The van der Waals surface area contributed by atoms with Crippen LogP contribution in [0.2, 0.25) is 10.0 Å². The molecule has 0 bridgehead atoms. The van der Waals surface area contributed by atoms with Crippen molar-refractivity contribution in [2.45, 2.75) is 31.9 Å². The standard InChI is InChI=1S/C14H19Cl2NO2/c1-2-9-5-14(9)17-7-10(18)8-19-11-3-4-12(15)13(16)6-11/h3-4,6,9-10,14,17-18H,2,5,7-8H2,1H3. The first-order valence-electron chi connectivity index (χ1n) is 6.59. The Morgan fingerprint density at radius 1 is 1.42 bits per heavy atom. The molecule has 0 spiro atoms. The summed E-state index contributed by atoms with van der Waals surface area (Å²) in [6.45, 7) is 2.99. The normalized spacial score (nSPS) is 23.2. The van der Waals surface area contributed by atoms with Crippen LogP contribution in [0.5, 0.6) is 5.75 Å². The highest BCUT2D eigenvalue weighted by Gasteiger charge is 2.34. The van der Waals surface area contributed by atoms with Gasteiger partial charge in [-0.3, -0.25) is 0 Å². The Labute approximate surface area is 123 Å². The molecule has 0 aromatic heterocycles. The number of nitrogens with one attached hydrogen (secondary N) is 1. The number of halogens is 2. The molecule has 5 heteroatoms. The Morgan fingerprint density at radius 3 is 2.84 bits per heavy atom. The summed E-state index contributed by atoms with van der Waals surface area (Å²) in [5, 5.41) is 14.1. The first kappa shape index (κ1) is 14.9. The summed E-state index contributed by atoms with van der Waals surface area (Å²) in [7, 11) is 0. The van der Waals surface area contributed by atoms with Gasteiger partial charge in [0.2, 0.25) is 0 Å². The highest BCUT2D eigenvalue weighted by atomic mass is 35.5. The van der Waals surface area contributed by atoms with E-state index in [0.717, 1.165) is 5.92 Å². The number of aliphatic hydroxyl groups is 1. The van der Waals surface area contributed by atoms with Crippen LogP contribution in [0.15, 0.2) is 18.2 Å². The molecule has 19 heavy (non-hydrogen) atoms. The quantitative estimate of drug-likeness (QED) is 0.813. The van der Waals surface area contributed by atoms with E-state index in [1.807, 2.05) is 0 Å². The molecule has 106 valence electrons. The second-order valence-corrected chi connectivity index (χ2v) is 5.77. The predicted octanol–water partition coefficient (Wildman–Crippen LogP) is 3.12. The SMILES string of the molecule is CCC1CC1NCC(O)COc1ccc(Cl)c(Cl)c1. The Balaban J connectivity index is 1.68. The van der Waals surface area contributed by atoms with Gasteiger partial charge in [0.1, 0.15) is 18.5 Å². The molecular weight excluding hydrogens is 285 g/mol. The number of hydrogen-bond acceptors (Lipinski definition) is 3. The molecular formula is C14H19Cl2NO2. The third kappa shape index (κ3) is 4.53. The fraction of sp³-hybridized carbons (Fsp3) is 0.571. The van der Waals surface area contributed by atoms with E-state index in [4.69, 9.17) is 27.9 Å². The lowest BCUT2D eigenvalue weighted by atomic mass is 10.3. The molecule has 0 saturated heterocycles. The zero-order chi connectivity index (χ0) is 13.8. The van der Waals surface area contributed by atoms with Crippen molar-refractivity contribution in [2.24, 2.45) is 5.92 Å². The molecule has 2 N–H and O–H groups in total. The van der Waals surface area contributed by atoms with Crippen LogP contribution in [0, 0.1) is 5.92 Å². The third-order valence-corrected chi connectivity index (χ3v) is 4.14. The molecule has 0 amide bonds. The van der Waals surface area contributed by atoms with Gasteiger partial charge in [0.15, 0.2) is 0 Å². The average Bonchev–Trinajstić information content (AvgIpc) is 3.16. The maximum atomic E-state index is 9.82. The van der Waals surface area contributed by atoms with Gasteiger partial charge in [-0.15, -0.1) is 0 Å². The Hall–Kier alpha value is -0.480. The number of benzene rings is 1. The molecule has 3 atom stereocenters. The van der Waals surface area contributed by atoms with Gasteiger partial charge >= 0.3 is 0 Å². The molecule has 3 unspecified atom stereocenters. The van der Waals surface area contributed by atoms with E-state index in [0.29, 0.717) is 28.4 Å². The highest BCUT2D eigenvalue weighted by Crippen LogP contribution is 2.32. The summed E-state index contributed by atoms with van der Waals surface area (Å²) in [6, 6.07) is 5.64. The second kappa shape index (κ2) is 6.80. The lowest BCUT2D eigenvalue weighted by molar-refractivity contribution is 0.106.